The van der Waals surface area contributed by atoms with E-state index in [9.17, 15) is 9.59 Å². The maximum atomic E-state index is 13.4. The molecule has 2 aromatic carbocycles. The van der Waals surface area contributed by atoms with Crippen molar-refractivity contribution in [3.8, 4) is 11.1 Å². The van der Waals surface area contributed by atoms with E-state index in [0.717, 1.165) is 29.5 Å². The Bertz CT molecular complexity index is 1110. The van der Waals surface area contributed by atoms with Crippen molar-refractivity contribution in [2.45, 2.75) is 26.2 Å². The SMILES string of the molecule is Cc1cccc(-c2cccc(C[C@@]3(C(=O)N(C)C)CCCN(C(=O)c4ncc[nH]4)C3)c2)c1. The van der Waals surface area contributed by atoms with Crippen molar-refractivity contribution < 1.29 is 9.59 Å². The standard InChI is InChI=1S/C26H30N4O2/c1-19-7-4-9-21(15-19)22-10-5-8-20(16-22)17-26(25(32)29(2)3)11-6-14-30(18-26)24(31)23-27-12-13-28-23/h4-5,7-10,12-13,15-16H,6,11,14,17-18H2,1-3H3,(H,27,28)/t26-/m0/s1. The van der Waals surface area contributed by atoms with Crippen LogP contribution in [0.1, 0.15) is 34.6 Å². The maximum absolute atomic E-state index is 13.4. The molecule has 1 aliphatic heterocycles. The molecule has 0 saturated carbocycles. The smallest absolute Gasteiger partial charge is 0.289 e. The Balaban J connectivity index is 1.65. The van der Waals surface area contributed by atoms with Crippen molar-refractivity contribution in [1.82, 2.24) is 19.8 Å². The van der Waals surface area contributed by atoms with E-state index in [0.29, 0.717) is 25.3 Å². The first-order chi connectivity index (χ1) is 15.4. The molecule has 1 aromatic heterocycles. The van der Waals surface area contributed by atoms with E-state index >= 15 is 0 Å². The summed E-state index contributed by atoms with van der Waals surface area (Å²) in [6, 6.07) is 16.8. The third-order valence-electron chi connectivity index (χ3n) is 6.25. The molecule has 0 unspecified atom stereocenters. The van der Waals surface area contributed by atoms with Crippen LogP contribution in [0.4, 0.5) is 0 Å². The van der Waals surface area contributed by atoms with Gasteiger partial charge < -0.3 is 14.8 Å². The minimum Gasteiger partial charge on any atom is -0.348 e. The number of carbonyl (C=O) groups is 2. The van der Waals surface area contributed by atoms with Crippen molar-refractivity contribution >= 4 is 11.8 Å². The number of imidazole rings is 1. The number of likely N-dealkylation sites (tertiary alicyclic amines) is 1. The van der Waals surface area contributed by atoms with Crippen LogP contribution in [0.25, 0.3) is 11.1 Å². The minimum atomic E-state index is -0.658. The third kappa shape index (κ3) is 4.44. The van der Waals surface area contributed by atoms with Gasteiger partial charge in [0.2, 0.25) is 5.91 Å². The zero-order valence-electron chi connectivity index (χ0n) is 19.0. The number of amides is 2. The molecule has 6 nitrogen and oxygen atoms in total. The first-order valence-electron chi connectivity index (χ1n) is 11.0. The average Bonchev–Trinajstić information content (AvgIpc) is 3.33. The van der Waals surface area contributed by atoms with E-state index in [-0.39, 0.29) is 11.8 Å². The molecule has 2 amide bonds. The third-order valence-corrected chi connectivity index (χ3v) is 6.25. The average molecular weight is 431 g/mol. The molecule has 4 rings (SSSR count). The number of carbonyl (C=O) groups excluding carboxylic acids is 2. The fraction of sp³-hybridized carbons (Fsp3) is 0.346. The Kier molecular flexibility index (Phi) is 6.12. The maximum Gasteiger partial charge on any atom is 0.289 e. The molecule has 1 saturated heterocycles. The summed E-state index contributed by atoms with van der Waals surface area (Å²) in [5.74, 6) is 0.231. The lowest BCUT2D eigenvalue weighted by molar-refractivity contribution is -0.142. The predicted octanol–water partition coefficient (Wildman–Crippen LogP) is 3.94. The molecule has 1 atom stereocenters. The summed E-state index contributed by atoms with van der Waals surface area (Å²) < 4.78 is 0. The molecule has 1 N–H and O–H groups in total. The number of hydrogen-bond donors (Lipinski definition) is 1. The van der Waals surface area contributed by atoms with Gasteiger partial charge in [-0.25, -0.2) is 4.98 Å². The molecular weight excluding hydrogens is 400 g/mol. The van der Waals surface area contributed by atoms with Gasteiger partial charge in [0.05, 0.1) is 5.41 Å². The zero-order valence-corrected chi connectivity index (χ0v) is 19.0. The fourth-order valence-electron chi connectivity index (χ4n) is 4.78. The van der Waals surface area contributed by atoms with Crippen molar-refractivity contribution in [2.24, 2.45) is 5.41 Å². The first kappa shape index (κ1) is 21.8. The monoisotopic (exact) mass is 430 g/mol. The number of nitrogens with one attached hydrogen (secondary N) is 1. The van der Waals surface area contributed by atoms with Gasteiger partial charge in [-0.05, 0) is 42.9 Å². The van der Waals surface area contributed by atoms with E-state index in [1.807, 2.05) is 0 Å². The van der Waals surface area contributed by atoms with E-state index in [1.165, 1.54) is 5.56 Å². The van der Waals surface area contributed by atoms with Gasteiger partial charge in [-0.2, -0.15) is 0 Å². The molecule has 6 heteroatoms. The number of H-pyrrole nitrogens is 1. The van der Waals surface area contributed by atoms with Crippen LogP contribution in [0.3, 0.4) is 0 Å². The van der Waals surface area contributed by atoms with Crippen LogP contribution < -0.4 is 0 Å². The van der Waals surface area contributed by atoms with E-state index in [2.05, 4.69) is 65.4 Å². The highest BCUT2D eigenvalue weighted by atomic mass is 16.2. The second-order valence-electron chi connectivity index (χ2n) is 8.99. The Morgan fingerprint density at radius 3 is 2.56 bits per heavy atom. The molecule has 0 radical (unpaired) electrons. The lowest BCUT2D eigenvalue weighted by atomic mass is 9.73. The molecule has 1 aliphatic rings. The second-order valence-corrected chi connectivity index (χ2v) is 8.99. The number of hydrogen-bond acceptors (Lipinski definition) is 3. The second kappa shape index (κ2) is 8.99. The Morgan fingerprint density at radius 2 is 1.88 bits per heavy atom. The van der Waals surface area contributed by atoms with Gasteiger partial charge in [0.15, 0.2) is 5.82 Å². The molecule has 0 spiro atoms. The molecule has 166 valence electrons. The van der Waals surface area contributed by atoms with Gasteiger partial charge in [-0.3, -0.25) is 9.59 Å². The summed E-state index contributed by atoms with van der Waals surface area (Å²) in [6.45, 7) is 3.11. The van der Waals surface area contributed by atoms with Crippen LogP contribution >= 0.6 is 0 Å². The Hall–Kier alpha value is -3.41. The zero-order chi connectivity index (χ0) is 22.7. The van der Waals surface area contributed by atoms with Crippen LogP contribution in [-0.4, -0.2) is 58.8 Å². The number of nitrogens with zero attached hydrogens (tertiary/aromatic N) is 3. The Labute approximate surface area is 189 Å². The number of piperidine rings is 1. The normalized spacial score (nSPS) is 18.4. The van der Waals surface area contributed by atoms with E-state index in [1.54, 1.807) is 36.3 Å². The summed E-state index contributed by atoms with van der Waals surface area (Å²) in [5, 5.41) is 0. The van der Waals surface area contributed by atoms with Crippen molar-refractivity contribution in [2.75, 3.05) is 27.2 Å². The highest BCUT2D eigenvalue weighted by Gasteiger charge is 2.44. The van der Waals surface area contributed by atoms with Crippen LogP contribution in [0, 0.1) is 12.3 Å². The Morgan fingerprint density at radius 1 is 1.12 bits per heavy atom. The number of aromatic amines is 1. The molecule has 2 heterocycles. The van der Waals surface area contributed by atoms with Crippen molar-refractivity contribution in [3.05, 3.63) is 77.9 Å². The number of aromatic nitrogens is 2. The van der Waals surface area contributed by atoms with Crippen molar-refractivity contribution in [1.29, 1.82) is 0 Å². The summed E-state index contributed by atoms with van der Waals surface area (Å²) in [4.78, 5) is 36.9. The molecule has 0 aliphatic carbocycles. The molecule has 32 heavy (non-hydrogen) atoms. The van der Waals surface area contributed by atoms with Crippen molar-refractivity contribution in [3.63, 3.8) is 0 Å². The number of aryl methyl sites for hydroxylation is 1. The lowest BCUT2D eigenvalue weighted by Gasteiger charge is -2.43. The number of benzene rings is 2. The lowest BCUT2D eigenvalue weighted by Crippen LogP contribution is -2.54. The molecule has 1 fully saturated rings. The largest absolute Gasteiger partial charge is 0.348 e. The summed E-state index contributed by atoms with van der Waals surface area (Å²) in [7, 11) is 3.58. The van der Waals surface area contributed by atoms with Gasteiger partial charge >= 0.3 is 0 Å². The van der Waals surface area contributed by atoms with E-state index < -0.39 is 5.41 Å². The van der Waals surface area contributed by atoms with Crippen LogP contribution in [-0.2, 0) is 11.2 Å². The predicted molar refractivity (Wildman–Crippen MR) is 125 cm³/mol. The molecule has 0 bridgehead atoms. The fourth-order valence-corrected chi connectivity index (χ4v) is 4.78. The van der Waals surface area contributed by atoms with Gasteiger partial charge in [0, 0.05) is 39.6 Å². The van der Waals surface area contributed by atoms with Gasteiger partial charge in [-0.15, -0.1) is 0 Å². The highest BCUT2D eigenvalue weighted by molar-refractivity contribution is 5.91. The van der Waals surface area contributed by atoms with E-state index in [4.69, 9.17) is 0 Å². The summed E-state index contributed by atoms with van der Waals surface area (Å²) in [6.07, 6.45) is 5.34. The minimum absolute atomic E-state index is 0.0652. The summed E-state index contributed by atoms with van der Waals surface area (Å²) in [5.41, 5.74) is 3.96. The van der Waals surface area contributed by atoms with Crippen LogP contribution in [0.15, 0.2) is 60.9 Å². The molecular formula is C26H30N4O2. The summed E-state index contributed by atoms with van der Waals surface area (Å²) >= 11 is 0. The van der Waals surface area contributed by atoms with Crippen LogP contribution in [0.5, 0.6) is 0 Å². The van der Waals surface area contributed by atoms with Crippen LogP contribution in [0.2, 0.25) is 0 Å². The number of rotatable bonds is 5. The van der Waals surface area contributed by atoms with Gasteiger partial charge in [-0.1, -0.05) is 54.1 Å². The topological polar surface area (TPSA) is 69.3 Å². The van der Waals surface area contributed by atoms with Gasteiger partial charge in [0.1, 0.15) is 0 Å². The molecule has 3 aromatic rings. The first-order valence-corrected chi connectivity index (χ1v) is 11.0. The quantitative estimate of drug-likeness (QED) is 0.667. The van der Waals surface area contributed by atoms with Gasteiger partial charge in [0.25, 0.3) is 5.91 Å². The highest BCUT2D eigenvalue weighted by Crippen LogP contribution is 2.36.